The number of amides is 1. The predicted molar refractivity (Wildman–Crippen MR) is 92.5 cm³/mol. The molecule has 25 heavy (non-hydrogen) atoms. The Morgan fingerprint density at radius 2 is 2.00 bits per heavy atom. The number of non-ortho nitro benzene ring substituents is 1. The Hall–Kier alpha value is -3.22. The fraction of sp³-hybridized carbons (Fsp3) is 0.222. The summed E-state index contributed by atoms with van der Waals surface area (Å²) < 4.78 is 5.15. The SMILES string of the molecule is COc1ccc(C2=NN(C(C)=O)[C@H](c3cccc([N+](=O)[O-])c3)C2)cc1. The zero-order chi connectivity index (χ0) is 18.0. The first-order valence-electron chi connectivity index (χ1n) is 7.75. The molecule has 3 rings (SSSR count). The average Bonchev–Trinajstić information content (AvgIpc) is 3.07. The Morgan fingerprint density at radius 1 is 1.28 bits per heavy atom. The number of hydrogen-bond donors (Lipinski definition) is 0. The number of nitrogens with zero attached hydrogens (tertiary/aromatic N) is 3. The average molecular weight is 339 g/mol. The number of hydrazone groups is 1. The van der Waals surface area contributed by atoms with Crippen molar-refractivity contribution < 1.29 is 14.5 Å². The highest BCUT2D eigenvalue weighted by molar-refractivity contribution is 6.03. The first-order chi connectivity index (χ1) is 12.0. The minimum atomic E-state index is -0.443. The van der Waals surface area contributed by atoms with E-state index in [1.807, 2.05) is 24.3 Å². The van der Waals surface area contributed by atoms with Crippen LogP contribution in [0.25, 0.3) is 0 Å². The molecule has 0 radical (unpaired) electrons. The minimum Gasteiger partial charge on any atom is -0.497 e. The first kappa shape index (κ1) is 16.6. The number of carbonyl (C=O) groups is 1. The van der Waals surface area contributed by atoms with Gasteiger partial charge in [0.1, 0.15) is 5.75 Å². The van der Waals surface area contributed by atoms with Crippen molar-refractivity contribution >= 4 is 17.3 Å². The quantitative estimate of drug-likeness (QED) is 0.632. The van der Waals surface area contributed by atoms with Crippen LogP contribution in [0.4, 0.5) is 5.69 Å². The Balaban J connectivity index is 1.92. The Bertz CT molecular complexity index is 846. The van der Waals surface area contributed by atoms with Gasteiger partial charge in [0.25, 0.3) is 5.69 Å². The van der Waals surface area contributed by atoms with E-state index in [-0.39, 0.29) is 17.6 Å². The van der Waals surface area contributed by atoms with Gasteiger partial charge in [0.2, 0.25) is 5.91 Å². The highest BCUT2D eigenvalue weighted by Crippen LogP contribution is 2.34. The van der Waals surface area contributed by atoms with Crippen molar-refractivity contribution in [1.82, 2.24) is 5.01 Å². The van der Waals surface area contributed by atoms with Crippen molar-refractivity contribution in [3.8, 4) is 5.75 Å². The fourth-order valence-corrected chi connectivity index (χ4v) is 2.86. The van der Waals surface area contributed by atoms with E-state index in [1.165, 1.54) is 24.1 Å². The van der Waals surface area contributed by atoms with Crippen molar-refractivity contribution in [1.29, 1.82) is 0 Å². The lowest BCUT2D eigenvalue weighted by atomic mass is 9.98. The van der Waals surface area contributed by atoms with Gasteiger partial charge >= 0.3 is 0 Å². The largest absolute Gasteiger partial charge is 0.497 e. The lowest BCUT2D eigenvalue weighted by molar-refractivity contribution is -0.384. The van der Waals surface area contributed by atoms with Crippen LogP contribution in [0.15, 0.2) is 53.6 Å². The molecule has 1 heterocycles. The van der Waals surface area contributed by atoms with E-state index in [1.54, 1.807) is 19.2 Å². The van der Waals surface area contributed by atoms with Crippen LogP contribution >= 0.6 is 0 Å². The van der Waals surface area contributed by atoms with Crippen LogP contribution in [0.2, 0.25) is 0 Å². The maximum atomic E-state index is 12.0. The highest BCUT2D eigenvalue weighted by Gasteiger charge is 2.32. The molecule has 2 aromatic rings. The Kier molecular flexibility index (Phi) is 4.47. The molecule has 7 nitrogen and oxygen atoms in total. The summed E-state index contributed by atoms with van der Waals surface area (Å²) in [5, 5.41) is 16.8. The van der Waals surface area contributed by atoms with Gasteiger partial charge in [0.15, 0.2) is 0 Å². The Labute approximate surface area is 144 Å². The summed E-state index contributed by atoms with van der Waals surface area (Å²) in [4.78, 5) is 22.6. The van der Waals surface area contributed by atoms with Crippen molar-refractivity contribution in [3.63, 3.8) is 0 Å². The van der Waals surface area contributed by atoms with Gasteiger partial charge in [0, 0.05) is 25.5 Å². The van der Waals surface area contributed by atoms with E-state index in [2.05, 4.69) is 5.10 Å². The van der Waals surface area contributed by atoms with Gasteiger partial charge in [-0.3, -0.25) is 14.9 Å². The normalized spacial score (nSPS) is 16.5. The molecule has 0 saturated heterocycles. The molecule has 1 aliphatic rings. The minimum absolute atomic E-state index is 0.00102. The van der Waals surface area contributed by atoms with Crippen molar-refractivity contribution in [3.05, 3.63) is 69.8 Å². The molecule has 7 heteroatoms. The van der Waals surface area contributed by atoms with Gasteiger partial charge in [-0.25, -0.2) is 5.01 Å². The maximum Gasteiger partial charge on any atom is 0.269 e. The number of carbonyl (C=O) groups excluding carboxylic acids is 1. The Morgan fingerprint density at radius 3 is 2.60 bits per heavy atom. The summed E-state index contributed by atoms with van der Waals surface area (Å²) in [7, 11) is 1.60. The van der Waals surface area contributed by atoms with Gasteiger partial charge in [-0.15, -0.1) is 0 Å². The molecule has 0 spiro atoms. The number of ether oxygens (including phenoxy) is 1. The molecule has 0 unspecified atom stereocenters. The molecule has 0 fully saturated rings. The highest BCUT2D eigenvalue weighted by atomic mass is 16.6. The molecular weight excluding hydrogens is 322 g/mol. The predicted octanol–water partition coefficient (Wildman–Crippen LogP) is 3.30. The summed E-state index contributed by atoms with van der Waals surface area (Å²) in [5.41, 5.74) is 2.34. The van der Waals surface area contributed by atoms with E-state index in [0.717, 1.165) is 17.0 Å². The van der Waals surface area contributed by atoms with E-state index in [4.69, 9.17) is 4.74 Å². The zero-order valence-corrected chi connectivity index (χ0v) is 13.9. The molecule has 1 atom stereocenters. The number of methoxy groups -OCH3 is 1. The van der Waals surface area contributed by atoms with Crippen LogP contribution < -0.4 is 4.74 Å². The van der Waals surface area contributed by atoms with Gasteiger partial charge in [-0.1, -0.05) is 12.1 Å². The summed E-state index contributed by atoms with van der Waals surface area (Å²) in [5.74, 6) is 0.529. The van der Waals surface area contributed by atoms with Crippen LogP contribution in [-0.2, 0) is 4.79 Å². The molecular formula is C18H17N3O4. The number of benzene rings is 2. The van der Waals surface area contributed by atoms with E-state index < -0.39 is 4.92 Å². The zero-order valence-electron chi connectivity index (χ0n) is 13.9. The van der Waals surface area contributed by atoms with Crippen molar-refractivity contribution in [2.24, 2.45) is 5.10 Å². The van der Waals surface area contributed by atoms with E-state index in [0.29, 0.717) is 12.0 Å². The summed E-state index contributed by atoms with van der Waals surface area (Å²) in [6.45, 7) is 1.44. The maximum absolute atomic E-state index is 12.0. The molecule has 1 amide bonds. The lowest BCUT2D eigenvalue weighted by Gasteiger charge is -2.20. The monoisotopic (exact) mass is 339 g/mol. The lowest BCUT2D eigenvalue weighted by Crippen LogP contribution is -2.24. The van der Waals surface area contributed by atoms with Crippen molar-refractivity contribution in [2.75, 3.05) is 7.11 Å². The molecule has 0 N–H and O–H groups in total. The van der Waals surface area contributed by atoms with Gasteiger partial charge in [-0.2, -0.15) is 5.10 Å². The summed E-state index contributed by atoms with van der Waals surface area (Å²) >= 11 is 0. The number of rotatable bonds is 4. The second-order valence-electron chi connectivity index (χ2n) is 5.71. The van der Waals surface area contributed by atoms with Crippen LogP contribution in [0, 0.1) is 10.1 Å². The number of hydrogen-bond acceptors (Lipinski definition) is 5. The smallest absolute Gasteiger partial charge is 0.269 e. The summed E-state index contributed by atoms with van der Waals surface area (Å²) in [6, 6.07) is 13.4. The van der Waals surface area contributed by atoms with Crippen molar-refractivity contribution in [2.45, 2.75) is 19.4 Å². The van der Waals surface area contributed by atoms with Crippen LogP contribution in [0.1, 0.15) is 30.5 Å². The van der Waals surface area contributed by atoms with E-state index >= 15 is 0 Å². The van der Waals surface area contributed by atoms with E-state index in [9.17, 15) is 14.9 Å². The van der Waals surface area contributed by atoms with Gasteiger partial charge in [0.05, 0.1) is 23.8 Å². The topological polar surface area (TPSA) is 85.0 Å². The second kappa shape index (κ2) is 6.72. The first-order valence-corrected chi connectivity index (χ1v) is 7.75. The third kappa shape index (κ3) is 3.35. The fourth-order valence-electron chi connectivity index (χ4n) is 2.86. The van der Waals surface area contributed by atoms with Gasteiger partial charge in [-0.05, 0) is 35.4 Å². The molecule has 0 aliphatic carbocycles. The second-order valence-corrected chi connectivity index (χ2v) is 5.71. The molecule has 0 aromatic heterocycles. The van der Waals surface area contributed by atoms with Gasteiger partial charge < -0.3 is 4.74 Å². The molecule has 2 aromatic carbocycles. The standard InChI is InChI=1S/C18H17N3O4/c1-12(22)20-18(14-4-3-5-15(10-14)21(23)24)11-17(19-20)13-6-8-16(25-2)9-7-13/h3-10,18H,11H2,1-2H3/t18-/m0/s1. The number of nitro benzene ring substituents is 1. The third-order valence-electron chi connectivity index (χ3n) is 4.12. The molecule has 1 aliphatic heterocycles. The third-order valence-corrected chi connectivity index (χ3v) is 4.12. The summed E-state index contributed by atoms with van der Waals surface area (Å²) in [6.07, 6.45) is 0.493. The molecule has 0 saturated carbocycles. The van der Waals surface area contributed by atoms with Crippen LogP contribution in [0.3, 0.4) is 0 Å². The van der Waals surface area contributed by atoms with Crippen LogP contribution in [-0.4, -0.2) is 28.7 Å². The molecule has 0 bridgehead atoms. The number of nitro groups is 1. The molecule has 128 valence electrons. The van der Waals surface area contributed by atoms with Crippen LogP contribution in [0.5, 0.6) is 5.75 Å².